The van der Waals surface area contributed by atoms with Crippen molar-refractivity contribution in [2.45, 2.75) is 11.8 Å². The molecule has 0 saturated carbocycles. The third-order valence-electron chi connectivity index (χ3n) is 5.20. The van der Waals surface area contributed by atoms with Gasteiger partial charge in [-0.3, -0.25) is 15.0 Å². The van der Waals surface area contributed by atoms with Crippen molar-refractivity contribution in [3.63, 3.8) is 0 Å². The molecule has 0 radical (unpaired) electrons. The van der Waals surface area contributed by atoms with Crippen molar-refractivity contribution in [1.82, 2.24) is 19.4 Å². The van der Waals surface area contributed by atoms with Crippen molar-refractivity contribution in [1.29, 1.82) is 0 Å². The van der Waals surface area contributed by atoms with Crippen LogP contribution in [0.2, 0.25) is 5.02 Å². The highest BCUT2D eigenvalue weighted by Gasteiger charge is 2.29. The smallest absolute Gasteiger partial charge is 0.243 e. The molecule has 2 heterocycles. The van der Waals surface area contributed by atoms with Crippen LogP contribution in [0.5, 0.6) is 0 Å². The Morgan fingerprint density at radius 3 is 2.44 bits per heavy atom. The molecule has 0 unspecified atom stereocenters. The van der Waals surface area contributed by atoms with E-state index in [4.69, 9.17) is 11.6 Å². The van der Waals surface area contributed by atoms with E-state index in [1.165, 1.54) is 27.8 Å². The molecule has 1 aliphatic rings. The summed E-state index contributed by atoms with van der Waals surface area (Å²) in [4.78, 5) is 14.6. The maximum absolute atomic E-state index is 12.8. The SMILES string of the molecule is Cc1ccccc1-c1nnc(NC(=O)CN2CCN(S(=O)(=O)c3ccc(Cl)cc3)CC2)s1. The highest BCUT2D eigenvalue weighted by molar-refractivity contribution is 7.89. The first-order chi connectivity index (χ1) is 15.3. The number of piperazine rings is 1. The Hall–Kier alpha value is -2.37. The molecule has 1 aromatic heterocycles. The number of hydrogen-bond acceptors (Lipinski definition) is 7. The zero-order valence-corrected chi connectivity index (χ0v) is 19.8. The Labute approximate surface area is 195 Å². The Morgan fingerprint density at radius 2 is 1.75 bits per heavy atom. The van der Waals surface area contributed by atoms with Crippen molar-refractivity contribution in [2.75, 3.05) is 38.0 Å². The minimum absolute atomic E-state index is 0.161. The highest BCUT2D eigenvalue weighted by atomic mass is 35.5. The van der Waals surface area contributed by atoms with E-state index in [1.807, 2.05) is 36.1 Å². The van der Waals surface area contributed by atoms with Crippen LogP contribution in [0.15, 0.2) is 53.4 Å². The lowest BCUT2D eigenvalue weighted by atomic mass is 10.1. The Balaban J connectivity index is 1.30. The van der Waals surface area contributed by atoms with Gasteiger partial charge in [-0.1, -0.05) is 47.2 Å². The number of rotatable bonds is 6. The normalized spacial score (nSPS) is 15.6. The van der Waals surface area contributed by atoms with Crippen LogP contribution in [0.25, 0.3) is 10.6 Å². The number of nitrogens with zero attached hydrogens (tertiary/aromatic N) is 4. The molecular formula is C21H22ClN5O3S2. The lowest BCUT2D eigenvalue weighted by molar-refractivity contribution is -0.117. The summed E-state index contributed by atoms with van der Waals surface area (Å²) < 4.78 is 27.0. The van der Waals surface area contributed by atoms with Crippen LogP contribution in [0, 0.1) is 6.92 Å². The minimum Gasteiger partial charge on any atom is -0.299 e. The molecule has 0 spiro atoms. The van der Waals surface area contributed by atoms with Gasteiger partial charge in [0.25, 0.3) is 0 Å². The van der Waals surface area contributed by atoms with Gasteiger partial charge in [-0.2, -0.15) is 4.31 Å². The molecule has 32 heavy (non-hydrogen) atoms. The number of benzene rings is 2. The predicted molar refractivity (Wildman–Crippen MR) is 125 cm³/mol. The fraction of sp³-hybridized carbons (Fsp3) is 0.286. The number of halogens is 1. The monoisotopic (exact) mass is 491 g/mol. The van der Waals surface area contributed by atoms with Crippen LogP contribution >= 0.6 is 22.9 Å². The molecule has 8 nitrogen and oxygen atoms in total. The van der Waals surface area contributed by atoms with Gasteiger partial charge in [-0.25, -0.2) is 8.42 Å². The first-order valence-corrected chi connectivity index (χ1v) is 12.6. The maximum atomic E-state index is 12.8. The van der Waals surface area contributed by atoms with Gasteiger partial charge in [-0.15, -0.1) is 10.2 Å². The number of sulfonamides is 1. The molecule has 2 aromatic carbocycles. The van der Waals surface area contributed by atoms with E-state index in [-0.39, 0.29) is 17.3 Å². The van der Waals surface area contributed by atoms with Crippen molar-refractivity contribution < 1.29 is 13.2 Å². The molecule has 0 bridgehead atoms. The summed E-state index contributed by atoms with van der Waals surface area (Å²) in [5.74, 6) is -0.202. The van der Waals surface area contributed by atoms with E-state index in [0.29, 0.717) is 36.3 Å². The zero-order chi connectivity index (χ0) is 22.7. The average molecular weight is 492 g/mol. The summed E-state index contributed by atoms with van der Waals surface area (Å²) in [6.45, 7) is 3.72. The molecule has 4 rings (SSSR count). The van der Waals surface area contributed by atoms with E-state index < -0.39 is 10.0 Å². The van der Waals surface area contributed by atoms with E-state index in [1.54, 1.807) is 12.1 Å². The average Bonchev–Trinajstić information content (AvgIpc) is 3.22. The van der Waals surface area contributed by atoms with Crippen LogP contribution in [0.4, 0.5) is 5.13 Å². The molecule has 1 amide bonds. The number of aromatic nitrogens is 2. The number of carbonyl (C=O) groups excluding carboxylic acids is 1. The van der Waals surface area contributed by atoms with Crippen LogP contribution in [0.3, 0.4) is 0 Å². The summed E-state index contributed by atoms with van der Waals surface area (Å²) >= 11 is 7.18. The second-order valence-electron chi connectivity index (χ2n) is 7.41. The minimum atomic E-state index is -3.58. The number of carbonyl (C=O) groups is 1. The van der Waals surface area contributed by atoms with Gasteiger partial charge in [0, 0.05) is 36.8 Å². The van der Waals surface area contributed by atoms with Gasteiger partial charge < -0.3 is 0 Å². The predicted octanol–water partition coefficient (Wildman–Crippen LogP) is 3.11. The summed E-state index contributed by atoms with van der Waals surface area (Å²) in [6, 6.07) is 14.0. The lowest BCUT2D eigenvalue weighted by Gasteiger charge is -2.33. The third kappa shape index (κ3) is 5.16. The van der Waals surface area contributed by atoms with E-state index in [0.717, 1.165) is 16.1 Å². The first kappa shape index (κ1) is 22.8. The van der Waals surface area contributed by atoms with Crippen LogP contribution < -0.4 is 5.32 Å². The van der Waals surface area contributed by atoms with Crippen molar-refractivity contribution in [2.24, 2.45) is 0 Å². The van der Waals surface area contributed by atoms with Crippen LogP contribution in [-0.4, -0.2) is 66.5 Å². The maximum Gasteiger partial charge on any atom is 0.243 e. The lowest BCUT2D eigenvalue weighted by Crippen LogP contribution is -2.50. The summed E-state index contributed by atoms with van der Waals surface area (Å²) in [5.41, 5.74) is 2.08. The van der Waals surface area contributed by atoms with Gasteiger partial charge in [0.05, 0.1) is 11.4 Å². The molecule has 3 aromatic rings. The highest BCUT2D eigenvalue weighted by Crippen LogP contribution is 2.28. The Morgan fingerprint density at radius 1 is 1.06 bits per heavy atom. The largest absolute Gasteiger partial charge is 0.299 e. The number of nitrogens with one attached hydrogen (secondary N) is 1. The summed E-state index contributed by atoms with van der Waals surface area (Å²) in [5, 5.41) is 12.7. The van der Waals surface area contributed by atoms with Gasteiger partial charge in [0.1, 0.15) is 5.01 Å². The quantitative estimate of drug-likeness (QED) is 0.569. The molecule has 0 aliphatic carbocycles. The van der Waals surface area contributed by atoms with Crippen molar-refractivity contribution in [3.05, 3.63) is 59.1 Å². The standard InChI is InChI=1S/C21H22ClN5O3S2/c1-15-4-2-3-5-18(15)20-24-25-21(31-20)23-19(28)14-26-10-12-27(13-11-26)32(29,30)17-8-6-16(22)7-9-17/h2-9H,10-14H2,1H3,(H,23,25,28). The topological polar surface area (TPSA) is 95.5 Å². The van der Waals surface area contributed by atoms with Crippen LogP contribution in [0.1, 0.15) is 5.56 Å². The van der Waals surface area contributed by atoms with E-state index >= 15 is 0 Å². The van der Waals surface area contributed by atoms with Gasteiger partial charge in [0.2, 0.25) is 21.1 Å². The molecule has 0 atom stereocenters. The van der Waals surface area contributed by atoms with Crippen molar-refractivity contribution in [3.8, 4) is 10.6 Å². The number of anilines is 1. The van der Waals surface area contributed by atoms with E-state index in [2.05, 4.69) is 15.5 Å². The fourth-order valence-electron chi connectivity index (χ4n) is 3.44. The molecular weight excluding hydrogens is 470 g/mol. The van der Waals surface area contributed by atoms with Crippen molar-refractivity contribution >= 4 is 44.0 Å². The zero-order valence-electron chi connectivity index (χ0n) is 17.4. The summed E-state index contributed by atoms with van der Waals surface area (Å²) in [6.07, 6.45) is 0. The molecule has 1 N–H and O–H groups in total. The second-order valence-corrected chi connectivity index (χ2v) is 10.8. The fourth-order valence-corrected chi connectivity index (χ4v) is 5.84. The van der Waals surface area contributed by atoms with Gasteiger partial charge >= 0.3 is 0 Å². The number of amides is 1. The molecule has 1 saturated heterocycles. The Bertz CT molecular complexity index is 1210. The first-order valence-electron chi connectivity index (χ1n) is 10.0. The third-order valence-corrected chi connectivity index (χ3v) is 8.23. The van der Waals surface area contributed by atoms with Crippen LogP contribution in [-0.2, 0) is 14.8 Å². The Kier molecular flexibility index (Phi) is 6.87. The molecule has 168 valence electrons. The van der Waals surface area contributed by atoms with Gasteiger partial charge in [-0.05, 0) is 36.8 Å². The molecule has 1 fully saturated rings. The summed E-state index contributed by atoms with van der Waals surface area (Å²) in [7, 11) is -3.58. The second kappa shape index (κ2) is 9.63. The molecule has 11 heteroatoms. The van der Waals surface area contributed by atoms with Gasteiger partial charge in [0.15, 0.2) is 0 Å². The number of aryl methyl sites for hydroxylation is 1. The number of hydrogen-bond donors (Lipinski definition) is 1. The molecule has 1 aliphatic heterocycles. The van der Waals surface area contributed by atoms with E-state index in [9.17, 15) is 13.2 Å².